The number of piperidine rings is 1. The van der Waals surface area contributed by atoms with E-state index in [2.05, 4.69) is 22.2 Å². The molecule has 2 amide bonds. The van der Waals surface area contributed by atoms with Crippen LogP contribution in [-0.2, 0) is 16.1 Å². The van der Waals surface area contributed by atoms with Crippen molar-refractivity contribution in [3.05, 3.63) is 30.1 Å². The SMILES string of the molecule is C[C@@H]1C[C@@H]1C(=O)N1CCCC[C@H]1C(=O)NCc1nc2ccccc2[nH]1. The van der Waals surface area contributed by atoms with Crippen molar-refractivity contribution in [2.75, 3.05) is 6.54 Å². The number of hydrogen-bond donors (Lipinski definition) is 2. The average molecular weight is 340 g/mol. The van der Waals surface area contributed by atoms with E-state index >= 15 is 0 Å². The van der Waals surface area contributed by atoms with E-state index in [4.69, 9.17) is 0 Å². The lowest BCUT2D eigenvalue weighted by atomic mass is 10.0. The fraction of sp³-hybridized carbons (Fsp3) is 0.526. The van der Waals surface area contributed by atoms with Crippen molar-refractivity contribution in [2.24, 2.45) is 11.8 Å². The molecule has 1 saturated carbocycles. The van der Waals surface area contributed by atoms with Crippen LogP contribution in [0, 0.1) is 11.8 Å². The molecule has 25 heavy (non-hydrogen) atoms. The Balaban J connectivity index is 1.40. The molecule has 4 rings (SSSR count). The van der Waals surface area contributed by atoms with Gasteiger partial charge in [0.15, 0.2) is 0 Å². The van der Waals surface area contributed by atoms with Gasteiger partial charge in [-0.3, -0.25) is 9.59 Å². The second-order valence-electron chi connectivity index (χ2n) is 7.28. The third kappa shape index (κ3) is 3.25. The molecule has 2 aliphatic rings. The number of benzene rings is 1. The summed E-state index contributed by atoms with van der Waals surface area (Å²) in [4.78, 5) is 34.8. The molecule has 1 aliphatic carbocycles. The highest BCUT2D eigenvalue weighted by atomic mass is 16.2. The number of hydrogen-bond acceptors (Lipinski definition) is 3. The summed E-state index contributed by atoms with van der Waals surface area (Å²) in [6, 6.07) is 7.46. The minimum atomic E-state index is -0.335. The van der Waals surface area contributed by atoms with Crippen LogP contribution in [0.15, 0.2) is 24.3 Å². The number of imidazole rings is 1. The minimum Gasteiger partial charge on any atom is -0.347 e. The van der Waals surface area contributed by atoms with Crippen LogP contribution in [-0.4, -0.2) is 39.3 Å². The van der Waals surface area contributed by atoms with E-state index in [0.717, 1.165) is 42.5 Å². The second kappa shape index (κ2) is 6.50. The zero-order valence-electron chi connectivity index (χ0n) is 14.5. The minimum absolute atomic E-state index is 0.0678. The summed E-state index contributed by atoms with van der Waals surface area (Å²) in [5.41, 5.74) is 1.85. The van der Waals surface area contributed by atoms with Gasteiger partial charge in [-0.05, 0) is 43.7 Å². The molecular weight excluding hydrogens is 316 g/mol. The summed E-state index contributed by atoms with van der Waals surface area (Å²) in [5.74, 6) is 1.43. The van der Waals surface area contributed by atoms with Crippen molar-refractivity contribution < 1.29 is 9.59 Å². The number of fused-ring (bicyclic) bond motifs is 1. The quantitative estimate of drug-likeness (QED) is 0.896. The van der Waals surface area contributed by atoms with E-state index in [0.29, 0.717) is 19.0 Å². The Morgan fingerprint density at radius 3 is 2.88 bits per heavy atom. The molecule has 2 N–H and O–H groups in total. The molecule has 0 unspecified atom stereocenters. The van der Waals surface area contributed by atoms with Crippen molar-refractivity contribution >= 4 is 22.8 Å². The maximum absolute atomic E-state index is 12.7. The molecule has 1 saturated heterocycles. The number of rotatable bonds is 4. The van der Waals surface area contributed by atoms with E-state index in [-0.39, 0.29) is 23.8 Å². The Labute approximate surface area is 147 Å². The van der Waals surface area contributed by atoms with Gasteiger partial charge in [-0.1, -0.05) is 19.1 Å². The molecule has 1 aromatic carbocycles. The lowest BCUT2D eigenvalue weighted by molar-refractivity contribution is -0.143. The molecule has 6 heteroatoms. The Bertz CT molecular complexity index is 767. The van der Waals surface area contributed by atoms with Crippen molar-refractivity contribution in [3.63, 3.8) is 0 Å². The van der Waals surface area contributed by atoms with Crippen LogP contribution in [0.1, 0.15) is 38.4 Å². The van der Waals surface area contributed by atoms with Gasteiger partial charge in [0, 0.05) is 12.5 Å². The third-order valence-electron chi connectivity index (χ3n) is 5.38. The molecule has 3 atom stereocenters. The zero-order chi connectivity index (χ0) is 17.4. The van der Waals surface area contributed by atoms with E-state index in [1.807, 2.05) is 29.2 Å². The number of H-pyrrole nitrogens is 1. The number of likely N-dealkylation sites (tertiary alicyclic amines) is 1. The fourth-order valence-corrected chi connectivity index (χ4v) is 3.73. The zero-order valence-corrected chi connectivity index (χ0v) is 14.5. The molecule has 132 valence electrons. The molecule has 6 nitrogen and oxygen atoms in total. The molecule has 0 radical (unpaired) electrons. The third-order valence-corrected chi connectivity index (χ3v) is 5.38. The Kier molecular flexibility index (Phi) is 4.19. The van der Waals surface area contributed by atoms with E-state index < -0.39 is 0 Å². The molecule has 0 bridgehead atoms. The number of amides is 2. The van der Waals surface area contributed by atoms with E-state index in [9.17, 15) is 9.59 Å². The van der Waals surface area contributed by atoms with Crippen molar-refractivity contribution in [1.29, 1.82) is 0 Å². The van der Waals surface area contributed by atoms with Gasteiger partial charge in [-0.25, -0.2) is 4.98 Å². The topological polar surface area (TPSA) is 78.1 Å². The van der Waals surface area contributed by atoms with Crippen LogP contribution in [0.5, 0.6) is 0 Å². The first kappa shape index (κ1) is 16.1. The fourth-order valence-electron chi connectivity index (χ4n) is 3.73. The van der Waals surface area contributed by atoms with E-state index in [1.54, 1.807) is 0 Å². The monoisotopic (exact) mass is 340 g/mol. The highest BCUT2D eigenvalue weighted by Crippen LogP contribution is 2.40. The number of aromatic nitrogens is 2. The summed E-state index contributed by atoms with van der Waals surface area (Å²) >= 11 is 0. The van der Waals surface area contributed by atoms with Gasteiger partial charge in [-0.15, -0.1) is 0 Å². The highest BCUT2D eigenvalue weighted by Gasteiger charge is 2.44. The summed E-state index contributed by atoms with van der Waals surface area (Å²) in [7, 11) is 0. The number of carbonyl (C=O) groups excluding carboxylic acids is 2. The number of nitrogens with zero attached hydrogens (tertiary/aromatic N) is 2. The van der Waals surface area contributed by atoms with Gasteiger partial charge in [0.05, 0.1) is 17.6 Å². The first-order chi connectivity index (χ1) is 12.1. The molecule has 1 aliphatic heterocycles. The predicted molar refractivity (Wildman–Crippen MR) is 94.6 cm³/mol. The standard InChI is InChI=1S/C19H24N4O2/c1-12-10-13(12)19(25)23-9-5-4-8-16(23)18(24)20-11-17-21-14-6-2-3-7-15(14)22-17/h2-3,6-7,12-13,16H,4-5,8-11H2,1H3,(H,20,24)(H,21,22)/t12-,13+,16+/m1/s1. The smallest absolute Gasteiger partial charge is 0.243 e. The van der Waals surface area contributed by atoms with Crippen LogP contribution < -0.4 is 5.32 Å². The van der Waals surface area contributed by atoms with Gasteiger partial charge < -0.3 is 15.2 Å². The molecule has 2 aromatic rings. The molecule has 2 heterocycles. The van der Waals surface area contributed by atoms with Gasteiger partial charge in [0.25, 0.3) is 0 Å². The highest BCUT2D eigenvalue weighted by molar-refractivity contribution is 5.89. The Morgan fingerprint density at radius 2 is 2.12 bits per heavy atom. The van der Waals surface area contributed by atoms with Gasteiger partial charge in [0.1, 0.15) is 11.9 Å². The molecule has 0 spiro atoms. The number of carbonyl (C=O) groups is 2. The number of aromatic amines is 1. The van der Waals surface area contributed by atoms with Gasteiger partial charge >= 0.3 is 0 Å². The van der Waals surface area contributed by atoms with Crippen LogP contribution in [0.4, 0.5) is 0 Å². The summed E-state index contributed by atoms with van der Waals surface area (Å²) in [6.45, 7) is 3.15. The van der Waals surface area contributed by atoms with Crippen LogP contribution in [0.3, 0.4) is 0 Å². The maximum Gasteiger partial charge on any atom is 0.243 e. The Hall–Kier alpha value is -2.37. The lowest BCUT2D eigenvalue weighted by Gasteiger charge is -2.35. The van der Waals surface area contributed by atoms with E-state index in [1.165, 1.54) is 0 Å². The largest absolute Gasteiger partial charge is 0.347 e. The van der Waals surface area contributed by atoms with Crippen LogP contribution in [0.2, 0.25) is 0 Å². The van der Waals surface area contributed by atoms with Gasteiger partial charge in [0.2, 0.25) is 11.8 Å². The molecule has 2 fully saturated rings. The Morgan fingerprint density at radius 1 is 1.32 bits per heavy atom. The molecular formula is C19H24N4O2. The van der Waals surface area contributed by atoms with Crippen molar-refractivity contribution in [2.45, 2.75) is 45.2 Å². The summed E-state index contributed by atoms with van der Waals surface area (Å²) in [6.07, 6.45) is 3.69. The van der Waals surface area contributed by atoms with Crippen LogP contribution in [0.25, 0.3) is 11.0 Å². The van der Waals surface area contributed by atoms with Gasteiger partial charge in [-0.2, -0.15) is 0 Å². The molecule has 1 aromatic heterocycles. The van der Waals surface area contributed by atoms with Crippen molar-refractivity contribution in [3.8, 4) is 0 Å². The second-order valence-corrected chi connectivity index (χ2v) is 7.28. The normalized spacial score (nSPS) is 25.8. The lowest BCUT2D eigenvalue weighted by Crippen LogP contribution is -2.52. The average Bonchev–Trinajstić information content (AvgIpc) is 3.22. The predicted octanol–water partition coefficient (Wildman–Crippen LogP) is 2.22. The number of para-hydroxylation sites is 2. The van der Waals surface area contributed by atoms with Crippen molar-refractivity contribution in [1.82, 2.24) is 20.2 Å². The summed E-state index contributed by atoms with van der Waals surface area (Å²) < 4.78 is 0. The first-order valence-corrected chi connectivity index (χ1v) is 9.15. The summed E-state index contributed by atoms with van der Waals surface area (Å²) in [5, 5.41) is 2.96. The maximum atomic E-state index is 12.7. The number of nitrogens with one attached hydrogen (secondary N) is 2. The van der Waals surface area contributed by atoms with Crippen LogP contribution >= 0.6 is 0 Å². The first-order valence-electron chi connectivity index (χ1n) is 9.15.